The first-order valence-corrected chi connectivity index (χ1v) is 11.4. The van der Waals surface area contributed by atoms with Crippen LogP contribution in [0.3, 0.4) is 0 Å². The molecule has 3 aromatic rings. The minimum atomic E-state index is -0.00806. The third kappa shape index (κ3) is 4.39. The number of benzene rings is 3. The van der Waals surface area contributed by atoms with Crippen molar-refractivity contribution >= 4 is 0 Å². The summed E-state index contributed by atoms with van der Waals surface area (Å²) in [6.07, 6.45) is 2.58. The van der Waals surface area contributed by atoms with Crippen molar-refractivity contribution in [2.45, 2.75) is 24.7 Å². The molecule has 0 bridgehead atoms. The van der Waals surface area contributed by atoms with Gasteiger partial charge in [-0.1, -0.05) is 24.3 Å². The summed E-state index contributed by atoms with van der Waals surface area (Å²) in [6, 6.07) is 20.9. The molecular weight excluding hydrogens is 402 g/mol. The van der Waals surface area contributed by atoms with Crippen LogP contribution in [0, 0.1) is 0 Å². The van der Waals surface area contributed by atoms with Gasteiger partial charge in [-0.25, -0.2) is 0 Å². The normalized spacial score (nSPS) is 20.5. The Bertz CT molecular complexity index is 1060. The van der Waals surface area contributed by atoms with Gasteiger partial charge in [0.1, 0.15) is 29.6 Å². The average molecular weight is 432 g/mol. The maximum absolute atomic E-state index is 10.2. The van der Waals surface area contributed by atoms with Crippen LogP contribution in [0.1, 0.15) is 41.4 Å². The Morgan fingerprint density at radius 1 is 0.875 bits per heavy atom. The number of likely N-dealkylation sites (tertiary alicyclic amines) is 1. The van der Waals surface area contributed by atoms with E-state index in [1.807, 2.05) is 30.3 Å². The molecule has 5 nitrogen and oxygen atoms in total. The molecule has 2 aliphatic heterocycles. The third-order valence-electron chi connectivity index (χ3n) is 6.56. The Labute approximate surface area is 188 Å². The average Bonchev–Trinajstić information content (AvgIpc) is 3.32. The molecular formula is C27H29NO4. The Balaban J connectivity index is 1.41. The first-order chi connectivity index (χ1) is 15.7. The van der Waals surface area contributed by atoms with Gasteiger partial charge in [0, 0.05) is 23.9 Å². The highest BCUT2D eigenvalue weighted by Gasteiger charge is 2.34. The highest BCUT2D eigenvalue weighted by atomic mass is 16.5. The monoisotopic (exact) mass is 431 g/mol. The molecule has 1 fully saturated rings. The van der Waals surface area contributed by atoms with E-state index < -0.39 is 0 Å². The minimum Gasteiger partial charge on any atom is -0.508 e. The van der Waals surface area contributed by atoms with Crippen molar-refractivity contribution in [3.63, 3.8) is 0 Å². The summed E-state index contributed by atoms with van der Waals surface area (Å²) in [6.45, 7) is 4.51. The van der Waals surface area contributed by atoms with Crippen LogP contribution >= 0.6 is 0 Å². The second-order valence-electron chi connectivity index (χ2n) is 8.68. The van der Waals surface area contributed by atoms with Crippen LogP contribution < -0.4 is 9.47 Å². The van der Waals surface area contributed by atoms with Gasteiger partial charge >= 0.3 is 0 Å². The highest BCUT2D eigenvalue weighted by molar-refractivity contribution is 5.51. The standard InChI is InChI=1S/C27H29NO4/c29-21-5-3-4-20(16-21)25-18-32-26-11-8-22(30)17-24(26)27(25)19-6-9-23(10-7-19)31-15-14-28-12-1-2-13-28/h3-11,16-17,25,27,29-30H,1-2,12-15,18H2/t25-,27-/m1/s1. The number of phenolic OH excluding ortho intramolecular Hbond substituents is 2. The van der Waals surface area contributed by atoms with E-state index in [0.717, 1.165) is 34.7 Å². The molecule has 0 spiro atoms. The molecule has 0 aromatic heterocycles. The Morgan fingerprint density at radius 2 is 1.66 bits per heavy atom. The van der Waals surface area contributed by atoms with E-state index in [1.165, 1.54) is 25.9 Å². The second kappa shape index (κ2) is 9.13. The molecule has 0 amide bonds. The maximum Gasteiger partial charge on any atom is 0.123 e. The van der Waals surface area contributed by atoms with E-state index in [-0.39, 0.29) is 23.3 Å². The lowest BCUT2D eigenvalue weighted by Crippen LogP contribution is -2.25. The van der Waals surface area contributed by atoms with E-state index in [0.29, 0.717) is 13.2 Å². The fourth-order valence-electron chi connectivity index (χ4n) is 4.93. The van der Waals surface area contributed by atoms with E-state index in [1.54, 1.807) is 24.3 Å². The fraction of sp³-hybridized carbons (Fsp3) is 0.333. The van der Waals surface area contributed by atoms with Crippen LogP contribution in [0.25, 0.3) is 0 Å². The van der Waals surface area contributed by atoms with Gasteiger partial charge in [0.05, 0.1) is 6.61 Å². The Kier molecular flexibility index (Phi) is 5.91. The molecule has 0 aliphatic carbocycles. The van der Waals surface area contributed by atoms with Crippen LogP contribution in [-0.2, 0) is 0 Å². The molecule has 0 saturated carbocycles. The number of nitrogens with zero attached hydrogens (tertiary/aromatic N) is 1. The van der Waals surface area contributed by atoms with Crippen LogP contribution in [0.15, 0.2) is 66.7 Å². The summed E-state index contributed by atoms with van der Waals surface area (Å²) in [7, 11) is 0. The molecule has 32 heavy (non-hydrogen) atoms. The van der Waals surface area contributed by atoms with Gasteiger partial charge in [0.25, 0.3) is 0 Å². The van der Waals surface area contributed by atoms with Crippen molar-refractivity contribution in [1.82, 2.24) is 4.90 Å². The van der Waals surface area contributed by atoms with Crippen molar-refractivity contribution in [2.75, 3.05) is 32.8 Å². The zero-order valence-electron chi connectivity index (χ0n) is 18.1. The number of ether oxygens (including phenoxy) is 2. The fourth-order valence-corrected chi connectivity index (χ4v) is 4.93. The molecule has 166 valence electrons. The van der Waals surface area contributed by atoms with E-state index in [2.05, 4.69) is 17.0 Å². The van der Waals surface area contributed by atoms with E-state index in [4.69, 9.17) is 9.47 Å². The van der Waals surface area contributed by atoms with Crippen LogP contribution in [0.4, 0.5) is 0 Å². The second-order valence-corrected chi connectivity index (χ2v) is 8.68. The third-order valence-corrected chi connectivity index (χ3v) is 6.56. The molecule has 5 heteroatoms. The molecule has 0 radical (unpaired) electrons. The lowest BCUT2D eigenvalue weighted by Gasteiger charge is -2.34. The maximum atomic E-state index is 10.2. The minimum absolute atomic E-state index is 0.00806. The largest absolute Gasteiger partial charge is 0.508 e. The van der Waals surface area contributed by atoms with Crippen molar-refractivity contribution in [3.05, 3.63) is 83.4 Å². The molecule has 5 rings (SSSR count). The Hall–Kier alpha value is -3.18. The first-order valence-electron chi connectivity index (χ1n) is 11.4. The first kappa shape index (κ1) is 20.7. The molecule has 2 atom stereocenters. The zero-order valence-corrected chi connectivity index (χ0v) is 18.1. The number of hydrogen-bond acceptors (Lipinski definition) is 5. The molecule has 2 N–H and O–H groups in total. The molecule has 2 aliphatic rings. The number of rotatable bonds is 6. The van der Waals surface area contributed by atoms with Crippen LogP contribution in [-0.4, -0.2) is 48.0 Å². The van der Waals surface area contributed by atoms with E-state index in [9.17, 15) is 10.2 Å². The number of fused-ring (bicyclic) bond motifs is 1. The summed E-state index contributed by atoms with van der Waals surface area (Å²) in [5.41, 5.74) is 3.09. The van der Waals surface area contributed by atoms with Crippen molar-refractivity contribution < 1.29 is 19.7 Å². The molecule has 3 aromatic carbocycles. The van der Waals surface area contributed by atoms with Gasteiger partial charge < -0.3 is 19.7 Å². The highest BCUT2D eigenvalue weighted by Crippen LogP contribution is 2.47. The number of hydrogen-bond donors (Lipinski definition) is 2. The van der Waals surface area contributed by atoms with Gasteiger partial charge in [-0.15, -0.1) is 0 Å². The zero-order chi connectivity index (χ0) is 21.9. The Morgan fingerprint density at radius 3 is 2.44 bits per heavy atom. The topological polar surface area (TPSA) is 62.2 Å². The predicted octanol–water partition coefficient (Wildman–Crippen LogP) is 4.88. The lowest BCUT2D eigenvalue weighted by molar-refractivity contribution is 0.237. The summed E-state index contributed by atoms with van der Waals surface area (Å²) in [5.74, 6) is 2.12. The molecule has 1 saturated heterocycles. The van der Waals surface area contributed by atoms with Crippen molar-refractivity contribution in [2.24, 2.45) is 0 Å². The van der Waals surface area contributed by atoms with Gasteiger partial charge in [-0.3, -0.25) is 4.90 Å². The molecule has 0 unspecified atom stereocenters. The van der Waals surface area contributed by atoms with Gasteiger partial charge in [0.2, 0.25) is 0 Å². The van der Waals surface area contributed by atoms with Crippen LogP contribution in [0.2, 0.25) is 0 Å². The van der Waals surface area contributed by atoms with Crippen molar-refractivity contribution in [3.8, 4) is 23.0 Å². The van der Waals surface area contributed by atoms with Gasteiger partial charge in [0.15, 0.2) is 0 Å². The number of aromatic hydroxyl groups is 2. The van der Waals surface area contributed by atoms with Gasteiger partial charge in [-0.2, -0.15) is 0 Å². The van der Waals surface area contributed by atoms with Crippen LogP contribution in [0.5, 0.6) is 23.0 Å². The van der Waals surface area contributed by atoms with E-state index >= 15 is 0 Å². The summed E-state index contributed by atoms with van der Waals surface area (Å²) < 4.78 is 12.0. The SMILES string of the molecule is Oc1cccc([C@H]2COc3ccc(O)cc3[C@H]2c2ccc(OCCN3CCCC3)cc2)c1. The number of phenols is 2. The van der Waals surface area contributed by atoms with Gasteiger partial charge in [-0.05, 0) is 79.5 Å². The molecule has 2 heterocycles. The summed E-state index contributed by atoms with van der Waals surface area (Å²) >= 11 is 0. The smallest absolute Gasteiger partial charge is 0.123 e. The van der Waals surface area contributed by atoms with Crippen molar-refractivity contribution in [1.29, 1.82) is 0 Å². The summed E-state index contributed by atoms with van der Waals surface area (Å²) in [5, 5.41) is 20.2. The summed E-state index contributed by atoms with van der Waals surface area (Å²) in [4.78, 5) is 2.44. The predicted molar refractivity (Wildman–Crippen MR) is 124 cm³/mol. The quantitative estimate of drug-likeness (QED) is 0.582. The lowest BCUT2D eigenvalue weighted by atomic mass is 9.76.